The van der Waals surface area contributed by atoms with Gasteiger partial charge >= 0.3 is 6.03 Å². The fraction of sp³-hybridized carbons (Fsp3) is 0.133. The molecule has 19 heavy (non-hydrogen) atoms. The van der Waals surface area contributed by atoms with Crippen LogP contribution >= 0.6 is 11.6 Å². The molecule has 2 N–H and O–H groups in total. The SMILES string of the molecule is Cc1cccc(C)c1NC(=O)Nc1ccccc1Cl. The number of urea groups is 1. The van der Waals surface area contributed by atoms with Crippen LogP contribution in [0.5, 0.6) is 0 Å². The summed E-state index contributed by atoms with van der Waals surface area (Å²) in [6, 6.07) is 12.7. The maximum absolute atomic E-state index is 12.0. The lowest BCUT2D eigenvalue weighted by Gasteiger charge is -2.13. The molecule has 0 radical (unpaired) electrons. The average Bonchev–Trinajstić information content (AvgIpc) is 2.37. The monoisotopic (exact) mass is 274 g/mol. The van der Waals surface area contributed by atoms with Gasteiger partial charge in [0, 0.05) is 5.69 Å². The molecule has 0 saturated carbocycles. The standard InChI is InChI=1S/C15H15ClN2O/c1-10-6-5-7-11(2)14(10)18-15(19)17-13-9-4-3-8-12(13)16/h3-9H,1-2H3,(H2,17,18,19). The van der Waals surface area contributed by atoms with Gasteiger partial charge in [0.2, 0.25) is 0 Å². The molecule has 0 aliphatic carbocycles. The molecule has 2 aromatic carbocycles. The number of benzene rings is 2. The molecular weight excluding hydrogens is 260 g/mol. The van der Waals surface area contributed by atoms with E-state index >= 15 is 0 Å². The minimum absolute atomic E-state index is 0.300. The largest absolute Gasteiger partial charge is 0.323 e. The highest BCUT2D eigenvalue weighted by Crippen LogP contribution is 2.22. The summed E-state index contributed by atoms with van der Waals surface area (Å²) in [5.41, 5.74) is 3.46. The van der Waals surface area contributed by atoms with Crippen molar-refractivity contribution in [2.75, 3.05) is 10.6 Å². The molecule has 2 amide bonds. The quantitative estimate of drug-likeness (QED) is 0.825. The van der Waals surface area contributed by atoms with E-state index in [0.29, 0.717) is 10.7 Å². The van der Waals surface area contributed by atoms with Gasteiger partial charge in [0.15, 0.2) is 0 Å². The van der Waals surface area contributed by atoms with Crippen molar-refractivity contribution < 1.29 is 4.79 Å². The molecule has 0 atom stereocenters. The van der Waals surface area contributed by atoms with E-state index in [1.807, 2.05) is 44.2 Å². The third kappa shape index (κ3) is 3.26. The van der Waals surface area contributed by atoms with Crippen molar-refractivity contribution in [2.45, 2.75) is 13.8 Å². The number of halogens is 1. The first-order valence-corrected chi connectivity index (χ1v) is 6.34. The van der Waals surface area contributed by atoms with Crippen LogP contribution in [0.1, 0.15) is 11.1 Å². The van der Waals surface area contributed by atoms with Crippen LogP contribution in [0.4, 0.5) is 16.2 Å². The number of amides is 2. The van der Waals surface area contributed by atoms with E-state index < -0.39 is 0 Å². The molecule has 2 rings (SSSR count). The maximum Gasteiger partial charge on any atom is 0.323 e. The maximum atomic E-state index is 12.0. The zero-order valence-electron chi connectivity index (χ0n) is 10.8. The molecule has 0 unspecified atom stereocenters. The number of carbonyl (C=O) groups is 1. The zero-order valence-corrected chi connectivity index (χ0v) is 11.6. The Kier molecular flexibility index (Phi) is 4.07. The third-order valence-electron chi connectivity index (χ3n) is 2.84. The van der Waals surface area contributed by atoms with Gasteiger partial charge in [-0.25, -0.2) is 4.79 Å². The van der Waals surface area contributed by atoms with Gasteiger partial charge in [-0.15, -0.1) is 0 Å². The average molecular weight is 275 g/mol. The Morgan fingerprint density at radius 3 is 2.21 bits per heavy atom. The Morgan fingerprint density at radius 1 is 0.947 bits per heavy atom. The van der Waals surface area contributed by atoms with E-state index in [-0.39, 0.29) is 6.03 Å². The number of hydrogen-bond donors (Lipinski definition) is 2. The van der Waals surface area contributed by atoms with Crippen LogP contribution in [0, 0.1) is 13.8 Å². The molecule has 4 heteroatoms. The first-order chi connectivity index (χ1) is 9.08. The molecule has 0 spiro atoms. The van der Waals surface area contributed by atoms with Crippen LogP contribution in [0.15, 0.2) is 42.5 Å². The zero-order chi connectivity index (χ0) is 13.8. The molecule has 0 aliphatic rings. The third-order valence-corrected chi connectivity index (χ3v) is 3.17. The van der Waals surface area contributed by atoms with Crippen molar-refractivity contribution in [2.24, 2.45) is 0 Å². The number of nitrogens with one attached hydrogen (secondary N) is 2. The number of carbonyl (C=O) groups excluding carboxylic acids is 1. The number of hydrogen-bond acceptors (Lipinski definition) is 1. The van der Waals surface area contributed by atoms with Crippen molar-refractivity contribution in [1.82, 2.24) is 0 Å². The van der Waals surface area contributed by atoms with E-state index in [1.165, 1.54) is 0 Å². The van der Waals surface area contributed by atoms with E-state index in [2.05, 4.69) is 10.6 Å². The topological polar surface area (TPSA) is 41.1 Å². The Bertz CT molecular complexity index is 591. The van der Waals surface area contributed by atoms with Gasteiger partial charge < -0.3 is 10.6 Å². The molecule has 0 bridgehead atoms. The summed E-state index contributed by atoms with van der Waals surface area (Å²) in [5.74, 6) is 0. The van der Waals surface area contributed by atoms with Crippen molar-refractivity contribution in [1.29, 1.82) is 0 Å². The first-order valence-electron chi connectivity index (χ1n) is 5.96. The number of para-hydroxylation sites is 2. The van der Waals surface area contributed by atoms with Crippen molar-refractivity contribution in [3.63, 3.8) is 0 Å². The summed E-state index contributed by atoms with van der Waals surface area (Å²) in [6.45, 7) is 3.91. The molecule has 0 heterocycles. The van der Waals surface area contributed by atoms with Crippen molar-refractivity contribution >= 4 is 29.0 Å². The highest BCUT2D eigenvalue weighted by atomic mass is 35.5. The highest BCUT2D eigenvalue weighted by Gasteiger charge is 2.08. The highest BCUT2D eigenvalue weighted by molar-refractivity contribution is 6.33. The summed E-state index contributed by atoms with van der Waals surface area (Å²) < 4.78 is 0. The number of rotatable bonds is 2. The van der Waals surface area contributed by atoms with E-state index in [9.17, 15) is 4.79 Å². The van der Waals surface area contributed by atoms with Crippen LogP contribution in [0.25, 0.3) is 0 Å². The van der Waals surface area contributed by atoms with Crippen LogP contribution in [-0.4, -0.2) is 6.03 Å². The lowest BCUT2D eigenvalue weighted by Crippen LogP contribution is -2.20. The predicted octanol–water partition coefficient (Wildman–Crippen LogP) is 4.60. The molecule has 0 aromatic heterocycles. The van der Waals surface area contributed by atoms with Gasteiger partial charge in [-0.1, -0.05) is 41.9 Å². The van der Waals surface area contributed by atoms with E-state index in [4.69, 9.17) is 11.6 Å². The normalized spacial score (nSPS) is 10.1. The first kappa shape index (κ1) is 13.4. The van der Waals surface area contributed by atoms with Gasteiger partial charge in [-0.3, -0.25) is 0 Å². The molecule has 0 fully saturated rings. The summed E-state index contributed by atoms with van der Waals surface area (Å²) >= 11 is 5.99. The van der Waals surface area contributed by atoms with E-state index in [1.54, 1.807) is 12.1 Å². The Morgan fingerprint density at radius 2 is 1.58 bits per heavy atom. The second-order valence-electron chi connectivity index (χ2n) is 4.33. The van der Waals surface area contributed by atoms with Crippen LogP contribution in [-0.2, 0) is 0 Å². The Labute approximate surface area is 117 Å². The van der Waals surface area contributed by atoms with Crippen molar-refractivity contribution in [3.05, 3.63) is 58.6 Å². The van der Waals surface area contributed by atoms with Crippen LogP contribution < -0.4 is 10.6 Å². The molecule has 0 aliphatic heterocycles. The summed E-state index contributed by atoms with van der Waals surface area (Å²) in [5, 5.41) is 6.09. The van der Waals surface area contributed by atoms with Gasteiger partial charge in [-0.05, 0) is 37.1 Å². The van der Waals surface area contributed by atoms with Gasteiger partial charge in [0.1, 0.15) is 0 Å². The van der Waals surface area contributed by atoms with Crippen molar-refractivity contribution in [3.8, 4) is 0 Å². The number of anilines is 2. The molecule has 3 nitrogen and oxygen atoms in total. The predicted molar refractivity (Wildman–Crippen MR) is 80.0 cm³/mol. The van der Waals surface area contributed by atoms with E-state index in [0.717, 1.165) is 16.8 Å². The molecular formula is C15H15ClN2O. The van der Waals surface area contributed by atoms with Gasteiger partial charge in [-0.2, -0.15) is 0 Å². The fourth-order valence-electron chi connectivity index (χ4n) is 1.84. The van der Waals surface area contributed by atoms with Crippen LogP contribution in [0.3, 0.4) is 0 Å². The molecule has 0 saturated heterocycles. The lowest BCUT2D eigenvalue weighted by atomic mass is 10.1. The summed E-state index contributed by atoms with van der Waals surface area (Å²) in [7, 11) is 0. The Balaban J connectivity index is 2.12. The second kappa shape index (κ2) is 5.76. The smallest absolute Gasteiger partial charge is 0.307 e. The van der Waals surface area contributed by atoms with Gasteiger partial charge in [0.25, 0.3) is 0 Å². The number of aryl methyl sites for hydroxylation is 2. The minimum atomic E-state index is -0.300. The molecule has 2 aromatic rings. The Hall–Kier alpha value is -2.00. The second-order valence-corrected chi connectivity index (χ2v) is 4.73. The fourth-order valence-corrected chi connectivity index (χ4v) is 2.02. The molecule has 98 valence electrons. The van der Waals surface area contributed by atoms with Gasteiger partial charge in [0.05, 0.1) is 10.7 Å². The lowest BCUT2D eigenvalue weighted by molar-refractivity contribution is 0.262. The summed E-state index contributed by atoms with van der Waals surface area (Å²) in [6.07, 6.45) is 0. The van der Waals surface area contributed by atoms with Crippen LogP contribution in [0.2, 0.25) is 5.02 Å². The summed E-state index contributed by atoms with van der Waals surface area (Å²) in [4.78, 5) is 12.0. The minimum Gasteiger partial charge on any atom is -0.307 e.